The summed E-state index contributed by atoms with van der Waals surface area (Å²) in [5, 5.41) is 1.15. The van der Waals surface area contributed by atoms with E-state index in [4.69, 9.17) is 4.99 Å². The van der Waals surface area contributed by atoms with E-state index in [-0.39, 0.29) is 0 Å². The zero-order chi connectivity index (χ0) is 11.7. The van der Waals surface area contributed by atoms with Gasteiger partial charge in [-0.3, -0.25) is 0 Å². The number of amidine groups is 1. The topological polar surface area (TPSA) is 15.6 Å². The van der Waals surface area contributed by atoms with Crippen LogP contribution in [0, 0.1) is 20.8 Å². The minimum atomic E-state index is 1.10. The third kappa shape index (κ3) is 2.24. The molecule has 16 heavy (non-hydrogen) atoms. The number of thioether (sulfide) groups is 1. The van der Waals surface area contributed by atoms with Gasteiger partial charge in [-0.2, -0.15) is 0 Å². The number of nitrogens with zero attached hydrogens (tertiary/aromatic N) is 2. The van der Waals surface area contributed by atoms with Gasteiger partial charge in [-0.25, -0.2) is 4.99 Å². The number of hydrogen-bond donors (Lipinski definition) is 0. The molecule has 0 radical (unpaired) electrons. The van der Waals surface area contributed by atoms with E-state index in [2.05, 4.69) is 44.9 Å². The molecule has 1 fully saturated rings. The number of hydrogen-bond acceptors (Lipinski definition) is 2. The molecular weight excluding hydrogens is 216 g/mol. The minimum Gasteiger partial charge on any atom is -0.353 e. The molecule has 2 rings (SSSR count). The lowest BCUT2D eigenvalue weighted by molar-refractivity contribution is 0.563. The molecule has 0 aliphatic carbocycles. The van der Waals surface area contributed by atoms with Gasteiger partial charge in [-0.15, -0.1) is 0 Å². The molecule has 1 aliphatic rings. The van der Waals surface area contributed by atoms with Gasteiger partial charge in [0.1, 0.15) is 0 Å². The van der Waals surface area contributed by atoms with Gasteiger partial charge in [0.2, 0.25) is 0 Å². The highest BCUT2D eigenvalue weighted by Gasteiger charge is 2.15. The minimum absolute atomic E-state index is 1.10. The fraction of sp³-hybridized carbons (Fsp3) is 0.462. The second kappa shape index (κ2) is 4.50. The van der Waals surface area contributed by atoms with Crippen LogP contribution in [0.3, 0.4) is 0 Å². The van der Waals surface area contributed by atoms with Crippen LogP contribution in [-0.2, 0) is 0 Å². The maximum Gasteiger partial charge on any atom is 0.164 e. The fourth-order valence-electron chi connectivity index (χ4n) is 2.04. The van der Waals surface area contributed by atoms with Crippen molar-refractivity contribution in [1.82, 2.24) is 4.90 Å². The van der Waals surface area contributed by atoms with Gasteiger partial charge in [0.25, 0.3) is 0 Å². The van der Waals surface area contributed by atoms with Crippen molar-refractivity contribution in [2.24, 2.45) is 4.99 Å². The SMILES string of the molecule is Cc1cc(C)c(N=C2SCCN2C)c(C)c1. The van der Waals surface area contributed by atoms with E-state index < -0.39 is 0 Å². The van der Waals surface area contributed by atoms with E-state index in [1.807, 2.05) is 11.8 Å². The summed E-state index contributed by atoms with van der Waals surface area (Å²) in [4.78, 5) is 7.01. The van der Waals surface area contributed by atoms with E-state index in [9.17, 15) is 0 Å². The van der Waals surface area contributed by atoms with Crippen LogP contribution in [0.15, 0.2) is 17.1 Å². The molecule has 1 aromatic carbocycles. The first kappa shape index (κ1) is 11.5. The Kier molecular flexibility index (Phi) is 3.24. The first-order chi connectivity index (χ1) is 7.58. The summed E-state index contributed by atoms with van der Waals surface area (Å²) >= 11 is 1.84. The smallest absolute Gasteiger partial charge is 0.164 e. The summed E-state index contributed by atoms with van der Waals surface area (Å²) in [7, 11) is 2.11. The molecule has 0 bridgehead atoms. The largest absolute Gasteiger partial charge is 0.353 e. The first-order valence-electron chi connectivity index (χ1n) is 5.58. The van der Waals surface area contributed by atoms with E-state index in [0.717, 1.165) is 23.2 Å². The molecule has 1 heterocycles. The highest BCUT2D eigenvalue weighted by molar-refractivity contribution is 8.14. The Balaban J connectivity index is 2.41. The highest BCUT2D eigenvalue weighted by Crippen LogP contribution is 2.28. The van der Waals surface area contributed by atoms with Crippen LogP contribution in [-0.4, -0.2) is 29.4 Å². The van der Waals surface area contributed by atoms with E-state index in [1.54, 1.807) is 0 Å². The lowest BCUT2D eigenvalue weighted by Gasteiger charge is -2.12. The maximum absolute atomic E-state index is 4.78. The van der Waals surface area contributed by atoms with Gasteiger partial charge in [0.15, 0.2) is 5.17 Å². The van der Waals surface area contributed by atoms with Crippen LogP contribution in [0.25, 0.3) is 0 Å². The molecule has 0 atom stereocenters. The van der Waals surface area contributed by atoms with Crippen molar-refractivity contribution >= 4 is 22.6 Å². The van der Waals surface area contributed by atoms with Gasteiger partial charge >= 0.3 is 0 Å². The molecule has 2 nitrogen and oxygen atoms in total. The average molecular weight is 234 g/mol. The molecule has 3 heteroatoms. The molecule has 1 aromatic rings. The van der Waals surface area contributed by atoms with Crippen LogP contribution in [0.2, 0.25) is 0 Å². The average Bonchev–Trinajstić information content (AvgIpc) is 2.57. The van der Waals surface area contributed by atoms with E-state index >= 15 is 0 Å². The summed E-state index contributed by atoms with van der Waals surface area (Å²) < 4.78 is 0. The van der Waals surface area contributed by atoms with Crippen molar-refractivity contribution in [2.45, 2.75) is 20.8 Å². The molecule has 1 saturated heterocycles. The fourth-order valence-corrected chi connectivity index (χ4v) is 3.06. The van der Waals surface area contributed by atoms with Gasteiger partial charge in [0.05, 0.1) is 5.69 Å². The van der Waals surface area contributed by atoms with Crippen molar-refractivity contribution in [3.05, 3.63) is 28.8 Å². The van der Waals surface area contributed by atoms with Gasteiger partial charge in [0, 0.05) is 19.3 Å². The van der Waals surface area contributed by atoms with Crippen molar-refractivity contribution in [2.75, 3.05) is 19.3 Å². The molecule has 0 unspecified atom stereocenters. The number of aliphatic imine (C=N–C) groups is 1. The Morgan fingerprint density at radius 3 is 2.31 bits per heavy atom. The first-order valence-corrected chi connectivity index (χ1v) is 6.57. The van der Waals surface area contributed by atoms with Crippen molar-refractivity contribution in [3.8, 4) is 0 Å². The molecule has 0 aromatic heterocycles. The molecule has 0 amide bonds. The third-order valence-corrected chi connectivity index (χ3v) is 3.88. The monoisotopic (exact) mass is 234 g/mol. The van der Waals surface area contributed by atoms with E-state index in [0.29, 0.717) is 0 Å². The predicted molar refractivity (Wildman–Crippen MR) is 72.8 cm³/mol. The van der Waals surface area contributed by atoms with Crippen LogP contribution in [0.1, 0.15) is 16.7 Å². The number of rotatable bonds is 1. The van der Waals surface area contributed by atoms with Crippen molar-refractivity contribution in [3.63, 3.8) is 0 Å². The third-order valence-electron chi connectivity index (χ3n) is 2.83. The van der Waals surface area contributed by atoms with Crippen LogP contribution in [0.5, 0.6) is 0 Å². The summed E-state index contributed by atoms with van der Waals surface area (Å²) in [5.41, 5.74) is 4.99. The van der Waals surface area contributed by atoms with Gasteiger partial charge < -0.3 is 4.90 Å². The Bertz CT molecular complexity index is 415. The van der Waals surface area contributed by atoms with Gasteiger partial charge in [-0.05, 0) is 31.9 Å². The zero-order valence-electron chi connectivity index (χ0n) is 10.4. The zero-order valence-corrected chi connectivity index (χ0v) is 11.2. The molecule has 1 aliphatic heterocycles. The summed E-state index contributed by atoms with van der Waals surface area (Å²) in [6.07, 6.45) is 0. The van der Waals surface area contributed by atoms with Crippen molar-refractivity contribution < 1.29 is 0 Å². The summed E-state index contributed by atoms with van der Waals surface area (Å²) in [5.74, 6) is 1.15. The maximum atomic E-state index is 4.78. The second-order valence-corrected chi connectivity index (χ2v) is 5.47. The Morgan fingerprint density at radius 1 is 1.19 bits per heavy atom. The molecule has 0 saturated carbocycles. The lowest BCUT2D eigenvalue weighted by atomic mass is 10.1. The second-order valence-electron chi connectivity index (χ2n) is 4.41. The molecule has 86 valence electrons. The lowest BCUT2D eigenvalue weighted by Crippen LogP contribution is -2.17. The number of benzene rings is 1. The molecular formula is C13H18N2S. The quantitative estimate of drug-likeness (QED) is 0.741. The summed E-state index contributed by atoms with van der Waals surface area (Å²) in [6.45, 7) is 7.51. The Hall–Kier alpha value is -0.960. The van der Waals surface area contributed by atoms with Crippen molar-refractivity contribution in [1.29, 1.82) is 0 Å². The summed E-state index contributed by atoms with van der Waals surface area (Å²) in [6, 6.07) is 4.40. The number of aryl methyl sites for hydroxylation is 3. The molecule has 0 spiro atoms. The van der Waals surface area contributed by atoms with Crippen LogP contribution >= 0.6 is 11.8 Å². The Labute approximate surface area is 102 Å². The standard InChI is InChI=1S/C13H18N2S/c1-9-7-10(2)12(11(3)8-9)14-13-15(4)5-6-16-13/h7-8H,5-6H2,1-4H3. The van der Waals surface area contributed by atoms with Crippen LogP contribution < -0.4 is 0 Å². The predicted octanol–water partition coefficient (Wildman–Crippen LogP) is 3.28. The van der Waals surface area contributed by atoms with Gasteiger partial charge in [-0.1, -0.05) is 29.5 Å². The Morgan fingerprint density at radius 2 is 1.81 bits per heavy atom. The molecule has 0 N–H and O–H groups in total. The van der Waals surface area contributed by atoms with E-state index in [1.165, 1.54) is 16.7 Å². The highest BCUT2D eigenvalue weighted by atomic mass is 32.2. The normalized spacial score (nSPS) is 18.5. The van der Waals surface area contributed by atoms with Crippen LogP contribution in [0.4, 0.5) is 5.69 Å².